The van der Waals surface area contributed by atoms with E-state index in [9.17, 15) is 18.0 Å². The molecule has 1 atom stereocenters. The van der Waals surface area contributed by atoms with Crippen LogP contribution < -0.4 is 10.1 Å². The highest BCUT2D eigenvalue weighted by atomic mass is 19.4. The smallest absolute Gasteiger partial charge is 0.416 e. The van der Waals surface area contributed by atoms with E-state index in [2.05, 4.69) is 10.3 Å². The third-order valence-electron chi connectivity index (χ3n) is 4.90. The van der Waals surface area contributed by atoms with Gasteiger partial charge in [-0.1, -0.05) is 6.07 Å². The van der Waals surface area contributed by atoms with Crippen molar-refractivity contribution in [3.05, 3.63) is 83.2 Å². The molecule has 0 bridgehead atoms. The van der Waals surface area contributed by atoms with Crippen LogP contribution in [0.15, 0.2) is 60.7 Å². The van der Waals surface area contributed by atoms with E-state index in [4.69, 9.17) is 9.47 Å². The summed E-state index contributed by atoms with van der Waals surface area (Å²) in [6.07, 6.45) is -3.63. The molecule has 3 aromatic rings. The minimum Gasteiger partial charge on any atom is -0.457 e. The molecule has 1 aromatic heterocycles. The molecule has 0 aliphatic carbocycles. The molecule has 0 aliphatic rings. The minimum absolute atomic E-state index is 0.0129. The number of pyridine rings is 1. The third-order valence-corrected chi connectivity index (χ3v) is 4.90. The van der Waals surface area contributed by atoms with Gasteiger partial charge < -0.3 is 14.8 Å². The molecule has 180 valence electrons. The summed E-state index contributed by atoms with van der Waals surface area (Å²) in [5, 5.41) is 2.81. The second kappa shape index (κ2) is 10.7. The number of carbonyl (C=O) groups excluding carboxylic acids is 1. The number of hydrogen-bond donors (Lipinski definition) is 1. The molecule has 8 heteroatoms. The molecule has 0 radical (unpaired) electrons. The Balaban J connectivity index is 1.66. The number of anilines is 1. The second-order valence-corrected chi connectivity index (χ2v) is 8.24. The Bertz CT molecular complexity index is 1130. The van der Waals surface area contributed by atoms with Gasteiger partial charge in [0.05, 0.1) is 29.0 Å². The van der Waals surface area contributed by atoms with Crippen molar-refractivity contribution in [2.24, 2.45) is 0 Å². The predicted octanol–water partition coefficient (Wildman–Crippen LogP) is 6.81. The van der Waals surface area contributed by atoms with Gasteiger partial charge >= 0.3 is 6.18 Å². The molecule has 2 aromatic carbocycles. The first-order chi connectivity index (χ1) is 16.0. The molecule has 1 amide bonds. The fraction of sp³-hybridized carbons (Fsp3) is 0.308. The number of alkyl halides is 3. The van der Waals surface area contributed by atoms with Gasteiger partial charge in [-0.3, -0.25) is 9.78 Å². The number of amides is 1. The van der Waals surface area contributed by atoms with E-state index in [1.54, 1.807) is 37.3 Å². The summed E-state index contributed by atoms with van der Waals surface area (Å²) in [5.74, 6) is 0.305. The summed E-state index contributed by atoms with van der Waals surface area (Å²) in [6, 6.07) is 14.6. The summed E-state index contributed by atoms with van der Waals surface area (Å²) >= 11 is 0. The maximum absolute atomic E-state index is 12.8. The Morgan fingerprint density at radius 1 is 1.00 bits per heavy atom. The van der Waals surface area contributed by atoms with Crippen LogP contribution in [0.25, 0.3) is 0 Å². The Morgan fingerprint density at radius 3 is 2.32 bits per heavy atom. The lowest BCUT2D eigenvalue weighted by Gasteiger charge is -2.16. The van der Waals surface area contributed by atoms with Gasteiger partial charge in [0.2, 0.25) is 0 Å². The van der Waals surface area contributed by atoms with Crippen molar-refractivity contribution < 1.29 is 27.4 Å². The van der Waals surface area contributed by atoms with Gasteiger partial charge in [-0.05, 0) is 76.2 Å². The van der Waals surface area contributed by atoms with Crippen LogP contribution in [0.1, 0.15) is 48.1 Å². The zero-order valence-corrected chi connectivity index (χ0v) is 19.4. The maximum Gasteiger partial charge on any atom is 0.416 e. The molecule has 1 heterocycles. The highest BCUT2D eigenvalue weighted by Gasteiger charge is 2.30. The van der Waals surface area contributed by atoms with Crippen LogP contribution in [0.2, 0.25) is 0 Å². The van der Waals surface area contributed by atoms with Crippen LogP contribution in [0, 0.1) is 6.92 Å². The van der Waals surface area contributed by atoms with Gasteiger partial charge in [0.15, 0.2) is 0 Å². The minimum atomic E-state index is -4.41. The lowest BCUT2D eigenvalue weighted by Crippen LogP contribution is -2.18. The highest BCUT2D eigenvalue weighted by Crippen LogP contribution is 2.31. The lowest BCUT2D eigenvalue weighted by molar-refractivity contribution is -0.137. The van der Waals surface area contributed by atoms with Gasteiger partial charge in [-0.25, -0.2) is 0 Å². The van der Waals surface area contributed by atoms with E-state index >= 15 is 0 Å². The molecule has 5 nitrogen and oxygen atoms in total. The number of ether oxygens (including phenoxy) is 2. The van der Waals surface area contributed by atoms with E-state index in [-0.39, 0.29) is 23.9 Å². The molecular formula is C26H27F3N2O3. The Labute approximate surface area is 196 Å². The average Bonchev–Trinajstić information content (AvgIpc) is 2.73. The van der Waals surface area contributed by atoms with Crippen LogP contribution in [0.4, 0.5) is 18.9 Å². The van der Waals surface area contributed by atoms with Crippen molar-refractivity contribution in [3.8, 4) is 11.5 Å². The van der Waals surface area contributed by atoms with Crippen LogP contribution in [0.5, 0.6) is 11.5 Å². The summed E-state index contributed by atoms with van der Waals surface area (Å²) in [6.45, 7) is 7.71. The fourth-order valence-corrected chi connectivity index (χ4v) is 3.46. The van der Waals surface area contributed by atoms with Gasteiger partial charge in [0.1, 0.15) is 11.5 Å². The molecular weight excluding hydrogens is 445 g/mol. The van der Waals surface area contributed by atoms with Crippen LogP contribution in [-0.4, -0.2) is 23.1 Å². The van der Waals surface area contributed by atoms with E-state index in [1.807, 2.05) is 26.8 Å². The monoisotopic (exact) mass is 472 g/mol. The lowest BCUT2D eigenvalue weighted by atomic mass is 10.1. The highest BCUT2D eigenvalue weighted by molar-refractivity contribution is 6.05. The largest absolute Gasteiger partial charge is 0.457 e. The van der Waals surface area contributed by atoms with Crippen molar-refractivity contribution in [1.29, 1.82) is 0 Å². The Kier molecular flexibility index (Phi) is 7.94. The zero-order valence-electron chi connectivity index (χ0n) is 19.4. The van der Waals surface area contributed by atoms with Gasteiger partial charge in [0.25, 0.3) is 5.91 Å². The average molecular weight is 473 g/mol. The summed E-state index contributed by atoms with van der Waals surface area (Å²) in [5.41, 5.74) is 1.61. The first-order valence-electron chi connectivity index (χ1n) is 10.9. The maximum atomic E-state index is 12.8. The first kappa shape index (κ1) is 25.2. The van der Waals surface area contributed by atoms with Gasteiger partial charge in [0, 0.05) is 23.9 Å². The molecule has 0 saturated heterocycles. The van der Waals surface area contributed by atoms with E-state index < -0.39 is 11.7 Å². The summed E-state index contributed by atoms with van der Waals surface area (Å²) < 4.78 is 49.5. The number of hydrogen-bond acceptors (Lipinski definition) is 4. The van der Waals surface area contributed by atoms with E-state index in [0.717, 1.165) is 17.8 Å². The third kappa shape index (κ3) is 7.05. The number of nitrogens with zero attached hydrogens (tertiary/aromatic N) is 1. The van der Waals surface area contributed by atoms with Crippen LogP contribution in [-0.2, 0) is 17.3 Å². The summed E-state index contributed by atoms with van der Waals surface area (Å²) in [4.78, 5) is 17.3. The van der Waals surface area contributed by atoms with Crippen molar-refractivity contribution in [1.82, 2.24) is 4.98 Å². The molecule has 0 saturated carbocycles. The molecule has 0 aliphatic heterocycles. The zero-order chi connectivity index (χ0) is 24.9. The normalized spacial score (nSPS) is 12.5. The van der Waals surface area contributed by atoms with Crippen molar-refractivity contribution in [3.63, 3.8) is 0 Å². The molecule has 0 fully saturated rings. The Morgan fingerprint density at radius 2 is 1.71 bits per heavy atom. The quantitative estimate of drug-likeness (QED) is 0.391. The topological polar surface area (TPSA) is 60.5 Å². The van der Waals surface area contributed by atoms with Gasteiger partial charge in [-0.2, -0.15) is 13.2 Å². The van der Waals surface area contributed by atoms with Gasteiger partial charge in [-0.15, -0.1) is 0 Å². The molecule has 1 N–H and O–H groups in total. The summed E-state index contributed by atoms with van der Waals surface area (Å²) in [7, 11) is 0. The molecule has 3 rings (SSSR count). The number of halogens is 3. The molecule has 0 spiro atoms. The van der Waals surface area contributed by atoms with Crippen LogP contribution in [0.3, 0.4) is 0 Å². The standard InChI is InChI=1S/C26H27F3N2O3/c1-16(2)33-17(3)14-21-10-13-24(18(4)30-21)25(32)31-20-6-5-7-23(15-20)34-22-11-8-19(9-12-22)26(27,28)29/h5-13,15-17H,14H2,1-4H3,(H,31,32). The number of aryl methyl sites for hydroxylation is 1. The Hall–Kier alpha value is -3.39. The fourth-order valence-electron chi connectivity index (χ4n) is 3.46. The van der Waals surface area contributed by atoms with E-state index in [0.29, 0.717) is 29.1 Å². The number of rotatable bonds is 8. The SMILES string of the molecule is Cc1nc(CC(C)OC(C)C)ccc1C(=O)Nc1cccc(Oc2ccc(C(F)(F)F)cc2)c1. The number of nitrogens with one attached hydrogen (secondary N) is 1. The number of benzene rings is 2. The molecule has 1 unspecified atom stereocenters. The van der Waals surface area contributed by atoms with E-state index in [1.165, 1.54) is 12.1 Å². The second-order valence-electron chi connectivity index (χ2n) is 8.24. The van der Waals surface area contributed by atoms with Crippen molar-refractivity contribution in [2.45, 2.75) is 52.5 Å². The van der Waals surface area contributed by atoms with Crippen molar-refractivity contribution >= 4 is 11.6 Å². The first-order valence-corrected chi connectivity index (χ1v) is 10.9. The number of carbonyl (C=O) groups is 1. The van der Waals surface area contributed by atoms with Crippen molar-refractivity contribution in [2.75, 3.05) is 5.32 Å². The number of aromatic nitrogens is 1. The molecule has 34 heavy (non-hydrogen) atoms. The van der Waals surface area contributed by atoms with Crippen LogP contribution >= 0.6 is 0 Å². The predicted molar refractivity (Wildman–Crippen MR) is 124 cm³/mol.